The lowest BCUT2D eigenvalue weighted by Crippen LogP contribution is -2.60. The maximum atomic E-state index is 6.34. The quantitative estimate of drug-likeness (QED) is 0.896. The van der Waals surface area contributed by atoms with E-state index >= 15 is 0 Å². The molecule has 1 aliphatic heterocycles. The van der Waals surface area contributed by atoms with Gasteiger partial charge in [-0.1, -0.05) is 35.3 Å². The molecule has 21 heavy (non-hydrogen) atoms. The van der Waals surface area contributed by atoms with Crippen LogP contribution < -0.4 is 5.32 Å². The van der Waals surface area contributed by atoms with E-state index < -0.39 is 0 Å². The first-order valence-electron chi connectivity index (χ1n) is 7.39. The molecule has 1 N–H and O–H groups in total. The molecule has 0 radical (unpaired) electrons. The Bertz CT molecular complexity index is 473. The summed E-state index contributed by atoms with van der Waals surface area (Å²) >= 11 is 12.5. The molecule has 0 amide bonds. The molecule has 1 saturated heterocycles. The molecule has 118 valence electrons. The second kappa shape index (κ2) is 7.30. The van der Waals surface area contributed by atoms with Gasteiger partial charge in [-0.2, -0.15) is 0 Å². The van der Waals surface area contributed by atoms with E-state index in [1.54, 1.807) is 0 Å². The first kappa shape index (κ1) is 17.0. The third-order valence-corrected chi connectivity index (χ3v) is 5.34. The Balaban J connectivity index is 2.16. The van der Waals surface area contributed by atoms with Gasteiger partial charge in [-0.15, -0.1) is 0 Å². The minimum atomic E-state index is 0.0180. The van der Waals surface area contributed by atoms with Crippen LogP contribution in [0.3, 0.4) is 0 Å². The SMILES string of the molecule is CNC(Cc1cccc(Cl)c1Cl)C(C)(C)N1CCOCC1. The number of rotatable bonds is 5. The molecular formula is C16H24Cl2N2O. The highest BCUT2D eigenvalue weighted by atomic mass is 35.5. The van der Waals surface area contributed by atoms with Gasteiger partial charge in [0.25, 0.3) is 0 Å². The lowest BCUT2D eigenvalue weighted by molar-refractivity contribution is -0.0223. The molecule has 1 fully saturated rings. The molecule has 2 rings (SSSR count). The molecule has 0 bridgehead atoms. The summed E-state index contributed by atoms with van der Waals surface area (Å²) < 4.78 is 5.46. The van der Waals surface area contributed by atoms with Gasteiger partial charge in [-0.05, 0) is 38.9 Å². The Morgan fingerprint density at radius 3 is 2.57 bits per heavy atom. The molecule has 1 heterocycles. The standard InChI is InChI=1S/C16H24Cl2N2O/c1-16(2,20-7-9-21-10-8-20)14(19-3)11-12-5-4-6-13(17)15(12)18/h4-6,14,19H,7-11H2,1-3H3. The zero-order valence-corrected chi connectivity index (χ0v) is 14.5. The van der Waals surface area contributed by atoms with E-state index in [-0.39, 0.29) is 11.6 Å². The van der Waals surface area contributed by atoms with Crippen molar-refractivity contribution in [2.24, 2.45) is 0 Å². The van der Waals surface area contributed by atoms with Gasteiger partial charge < -0.3 is 10.1 Å². The Morgan fingerprint density at radius 1 is 1.29 bits per heavy atom. The van der Waals surface area contributed by atoms with Crippen LogP contribution >= 0.6 is 23.2 Å². The third-order valence-electron chi connectivity index (χ3n) is 4.48. The normalized spacial score (nSPS) is 18.7. The minimum Gasteiger partial charge on any atom is -0.379 e. The topological polar surface area (TPSA) is 24.5 Å². The highest BCUT2D eigenvalue weighted by Crippen LogP contribution is 2.29. The first-order valence-corrected chi connectivity index (χ1v) is 8.15. The number of hydrogen-bond acceptors (Lipinski definition) is 3. The van der Waals surface area contributed by atoms with E-state index in [4.69, 9.17) is 27.9 Å². The molecule has 0 saturated carbocycles. The highest BCUT2D eigenvalue weighted by molar-refractivity contribution is 6.42. The second-order valence-corrected chi connectivity index (χ2v) is 6.80. The molecule has 5 heteroatoms. The van der Waals surface area contributed by atoms with Crippen LogP contribution in [0.2, 0.25) is 10.0 Å². The second-order valence-electron chi connectivity index (χ2n) is 6.01. The molecule has 0 aromatic heterocycles. The van der Waals surface area contributed by atoms with Gasteiger partial charge in [-0.25, -0.2) is 0 Å². The van der Waals surface area contributed by atoms with Crippen LogP contribution in [-0.4, -0.2) is 49.8 Å². The van der Waals surface area contributed by atoms with Gasteiger partial charge in [0, 0.05) is 24.7 Å². The minimum absolute atomic E-state index is 0.0180. The Kier molecular flexibility index (Phi) is 5.92. The van der Waals surface area contributed by atoms with Crippen LogP contribution in [0, 0.1) is 0 Å². The number of likely N-dealkylation sites (N-methyl/N-ethyl adjacent to an activating group) is 1. The van der Waals surface area contributed by atoms with Crippen LogP contribution in [0.1, 0.15) is 19.4 Å². The molecule has 0 spiro atoms. The van der Waals surface area contributed by atoms with Crippen LogP contribution in [0.25, 0.3) is 0 Å². The maximum Gasteiger partial charge on any atom is 0.0624 e. The fourth-order valence-electron chi connectivity index (χ4n) is 2.99. The summed E-state index contributed by atoms with van der Waals surface area (Å²) in [6.07, 6.45) is 0.847. The number of morpholine rings is 1. The molecule has 1 aliphatic rings. The number of nitrogens with one attached hydrogen (secondary N) is 1. The van der Waals surface area contributed by atoms with Crippen LogP contribution in [0.15, 0.2) is 18.2 Å². The van der Waals surface area contributed by atoms with E-state index in [0.29, 0.717) is 10.0 Å². The molecule has 3 nitrogen and oxygen atoms in total. The van der Waals surface area contributed by atoms with E-state index in [0.717, 1.165) is 38.3 Å². The average molecular weight is 331 g/mol. The lowest BCUT2D eigenvalue weighted by Gasteiger charge is -2.46. The molecule has 1 atom stereocenters. The molecule has 0 aliphatic carbocycles. The van der Waals surface area contributed by atoms with Crippen molar-refractivity contribution in [1.29, 1.82) is 0 Å². The van der Waals surface area contributed by atoms with Crippen LogP contribution in [-0.2, 0) is 11.2 Å². The smallest absolute Gasteiger partial charge is 0.0624 e. The molecule has 1 aromatic carbocycles. The Labute approximate surface area is 137 Å². The third kappa shape index (κ3) is 3.91. The molecule has 1 aromatic rings. The Hall–Kier alpha value is -0.320. The summed E-state index contributed by atoms with van der Waals surface area (Å²) in [6.45, 7) is 8.09. The van der Waals surface area contributed by atoms with Gasteiger partial charge in [-0.3, -0.25) is 4.90 Å². The fraction of sp³-hybridized carbons (Fsp3) is 0.625. The summed E-state index contributed by atoms with van der Waals surface area (Å²) in [5.41, 5.74) is 1.11. The summed E-state index contributed by atoms with van der Waals surface area (Å²) in [7, 11) is 2.01. The first-order chi connectivity index (χ1) is 9.96. The van der Waals surface area contributed by atoms with Crippen molar-refractivity contribution in [3.63, 3.8) is 0 Å². The fourth-order valence-corrected chi connectivity index (χ4v) is 3.39. The zero-order valence-electron chi connectivity index (χ0n) is 13.0. The van der Waals surface area contributed by atoms with Crippen molar-refractivity contribution in [3.8, 4) is 0 Å². The van der Waals surface area contributed by atoms with Gasteiger partial charge in [0.15, 0.2) is 0 Å². The predicted molar refractivity (Wildman–Crippen MR) is 89.5 cm³/mol. The van der Waals surface area contributed by atoms with Crippen molar-refractivity contribution in [2.45, 2.75) is 31.8 Å². The van der Waals surface area contributed by atoms with Crippen molar-refractivity contribution in [3.05, 3.63) is 33.8 Å². The zero-order chi connectivity index (χ0) is 15.5. The van der Waals surface area contributed by atoms with Crippen LogP contribution in [0.5, 0.6) is 0 Å². The summed E-state index contributed by atoms with van der Waals surface area (Å²) in [5.74, 6) is 0. The van der Waals surface area contributed by atoms with Crippen molar-refractivity contribution in [2.75, 3.05) is 33.4 Å². The number of nitrogens with zero attached hydrogens (tertiary/aromatic N) is 1. The number of hydrogen-bond donors (Lipinski definition) is 1. The maximum absolute atomic E-state index is 6.34. The van der Waals surface area contributed by atoms with Crippen molar-refractivity contribution >= 4 is 23.2 Å². The van der Waals surface area contributed by atoms with Crippen LogP contribution in [0.4, 0.5) is 0 Å². The van der Waals surface area contributed by atoms with Gasteiger partial charge in [0.2, 0.25) is 0 Å². The average Bonchev–Trinajstić information content (AvgIpc) is 2.49. The summed E-state index contributed by atoms with van der Waals surface area (Å²) in [4.78, 5) is 2.48. The Morgan fingerprint density at radius 2 is 1.95 bits per heavy atom. The monoisotopic (exact) mass is 330 g/mol. The predicted octanol–water partition coefficient (Wildman–Crippen LogP) is 3.23. The van der Waals surface area contributed by atoms with E-state index in [1.807, 2.05) is 25.2 Å². The summed E-state index contributed by atoms with van der Waals surface area (Å²) in [5, 5.41) is 4.73. The van der Waals surface area contributed by atoms with E-state index in [9.17, 15) is 0 Å². The van der Waals surface area contributed by atoms with E-state index in [2.05, 4.69) is 24.1 Å². The van der Waals surface area contributed by atoms with Gasteiger partial charge in [0.1, 0.15) is 0 Å². The van der Waals surface area contributed by atoms with Gasteiger partial charge >= 0.3 is 0 Å². The lowest BCUT2D eigenvalue weighted by atomic mass is 9.87. The van der Waals surface area contributed by atoms with Gasteiger partial charge in [0.05, 0.1) is 23.3 Å². The summed E-state index contributed by atoms with van der Waals surface area (Å²) in [6, 6.07) is 6.12. The molecular weight excluding hydrogens is 307 g/mol. The number of ether oxygens (including phenoxy) is 1. The highest BCUT2D eigenvalue weighted by Gasteiger charge is 2.35. The van der Waals surface area contributed by atoms with E-state index in [1.165, 1.54) is 0 Å². The largest absolute Gasteiger partial charge is 0.379 e. The molecule has 1 unspecified atom stereocenters. The van der Waals surface area contributed by atoms with Crippen molar-refractivity contribution < 1.29 is 4.74 Å². The number of halogens is 2. The van der Waals surface area contributed by atoms with Crippen molar-refractivity contribution in [1.82, 2.24) is 10.2 Å². The number of benzene rings is 1.